The van der Waals surface area contributed by atoms with E-state index in [-0.39, 0.29) is 24.9 Å². The molecule has 0 radical (unpaired) electrons. The molecule has 2 aliphatic heterocycles. The van der Waals surface area contributed by atoms with Crippen molar-refractivity contribution in [1.29, 1.82) is 0 Å². The Bertz CT molecular complexity index is 1130. The Balaban J connectivity index is 1.55. The van der Waals surface area contributed by atoms with Crippen LogP contribution in [0.2, 0.25) is 5.02 Å². The molecule has 0 bridgehead atoms. The molecule has 2 heterocycles. The number of nitrogens with zero attached hydrogens (tertiary/aromatic N) is 2. The number of hydrogen-bond donors (Lipinski definition) is 1. The van der Waals surface area contributed by atoms with Gasteiger partial charge in [-0.25, -0.2) is 4.79 Å². The number of benzene rings is 2. The van der Waals surface area contributed by atoms with E-state index in [9.17, 15) is 14.4 Å². The highest BCUT2D eigenvalue weighted by molar-refractivity contribution is 8.03. The number of carbonyl (C=O) groups is 3. The molecule has 166 valence electrons. The number of thioether (sulfide) groups is 1. The van der Waals surface area contributed by atoms with Gasteiger partial charge in [0.2, 0.25) is 11.8 Å². The van der Waals surface area contributed by atoms with Gasteiger partial charge < -0.3 is 10.2 Å². The minimum atomic E-state index is -0.459. The van der Waals surface area contributed by atoms with Gasteiger partial charge in [0.05, 0.1) is 12.6 Å². The Kier molecular flexibility index (Phi) is 6.31. The van der Waals surface area contributed by atoms with Gasteiger partial charge in [-0.1, -0.05) is 41.9 Å². The fourth-order valence-electron chi connectivity index (χ4n) is 3.87. The molecular weight excluding hydrogens is 446 g/mol. The molecule has 2 aliphatic rings. The second kappa shape index (κ2) is 9.00. The molecule has 4 amide bonds. The summed E-state index contributed by atoms with van der Waals surface area (Å²) in [5.74, 6) is -0.566. The maximum Gasteiger partial charge on any atom is 0.328 e. The van der Waals surface area contributed by atoms with E-state index in [0.717, 1.165) is 22.3 Å². The lowest BCUT2D eigenvalue weighted by Gasteiger charge is -2.41. The van der Waals surface area contributed by atoms with Gasteiger partial charge in [0.1, 0.15) is 11.8 Å². The number of imide groups is 1. The summed E-state index contributed by atoms with van der Waals surface area (Å²) in [5, 5.41) is 4.73. The number of rotatable bonds is 5. The highest BCUT2D eigenvalue weighted by Gasteiger charge is 2.47. The van der Waals surface area contributed by atoms with Crippen molar-refractivity contribution >= 4 is 46.9 Å². The lowest BCUT2D eigenvalue weighted by molar-refractivity contribution is -0.132. The van der Waals surface area contributed by atoms with Crippen LogP contribution in [0.1, 0.15) is 22.3 Å². The quantitative estimate of drug-likeness (QED) is 0.691. The van der Waals surface area contributed by atoms with E-state index < -0.39 is 17.3 Å². The largest absolute Gasteiger partial charge is 0.328 e. The third-order valence-electron chi connectivity index (χ3n) is 5.86. The van der Waals surface area contributed by atoms with Crippen LogP contribution in [0.4, 0.5) is 10.5 Å². The molecular formula is C24H24ClN3O3S. The molecule has 0 aliphatic carbocycles. The van der Waals surface area contributed by atoms with Crippen molar-refractivity contribution in [3.05, 3.63) is 75.2 Å². The molecule has 8 heteroatoms. The van der Waals surface area contributed by atoms with Crippen LogP contribution in [0.5, 0.6) is 0 Å². The molecule has 2 aromatic carbocycles. The van der Waals surface area contributed by atoms with E-state index >= 15 is 0 Å². The zero-order chi connectivity index (χ0) is 23.0. The van der Waals surface area contributed by atoms with Gasteiger partial charge in [-0.3, -0.25) is 14.5 Å². The van der Waals surface area contributed by atoms with E-state index in [1.807, 2.05) is 56.5 Å². The van der Waals surface area contributed by atoms with Crippen LogP contribution in [0.3, 0.4) is 0 Å². The Hall–Kier alpha value is -2.77. The van der Waals surface area contributed by atoms with Crippen molar-refractivity contribution in [2.24, 2.45) is 0 Å². The topological polar surface area (TPSA) is 69.7 Å². The molecule has 4 rings (SSSR count). The zero-order valence-electron chi connectivity index (χ0n) is 18.1. The van der Waals surface area contributed by atoms with Crippen molar-refractivity contribution < 1.29 is 14.4 Å². The van der Waals surface area contributed by atoms with Crippen LogP contribution in [0, 0.1) is 20.8 Å². The average Bonchev–Trinajstić information content (AvgIpc) is 3.24. The predicted octanol–water partition coefficient (Wildman–Crippen LogP) is 4.67. The fourth-order valence-corrected chi connectivity index (χ4v) is 5.11. The number of urea groups is 1. The van der Waals surface area contributed by atoms with Crippen LogP contribution in [-0.2, 0) is 16.1 Å². The molecule has 1 N–H and O–H groups in total. The summed E-state index contributed by atoms with van der Waals surface area (Å²) in [5.41, 5.74) is 4.59. The summed E-state index contributed by atoms with van der Waals surface area (Å²) in [6.45, 7) is 5.90. The molecule has 0 saturated carbocycles. The molecule has 6 nitrogen and oxygen atoms in total. The average molecular weight is 470 g/mol. The van der Waals surface area contributed by atoms with E-state index in [0.29, 0.717) is 10.7 Å². The predicted molar refractivity (Wildman–Crippen MR) is 128 cm³/mol. The number of halogens is 1. The van der Waals surface area contributed by atoms with E-state index in [2.05, 4.69) is 5.32 Å². The summed E-state index contributed by atoms with van der Waals surface area (Å²) in [4.78, 5) is 42.0. The standard InChI is InChI=1S/C24H24ClN3O3S/c1-14-4-6-17(10-16(14)3)12-28-23(30)22-20(8-9-32-22)27(24(28)31)13-21(29)26-19-11-18(25)7-5-15(19)2/h4-11,20,22H,12-13H2,1-3H3,(H,26,29). The van der Waals surface area contributed by atoms with Gasteiger partial charge >= 0.3 is 6.03 Å². The molecule has 2 aromatic rings. The monoisotopic (exact) mass is 469 g/mol. The molecule has 1 saturated heterocycles. The second-order valence-electron chi connectivity index (χ2n) is 8.14. The SMILES string of the molecule is Cc1ccc(CN2C(=O)C3SC=CC3N(CC(=O)Nc3cc(Cl)ccc3C)C2=O)cc1C. The number of fused-ring (bicyclic) bond motifs is 1. The van der Waals surface area contributed by atoms with Crippen LogP contribution in [-0.4, -0.2) is 45.5 Å². The Morgan fingerprint density at radius 3 is 2.56 bits per heavy atom. The van der Waals surface area contributed by atoms with Crippen LogP contribution >= 0.6 is 23.4 Å². The van der Waals surface area contributed by atoms with Gasteiger partial charge in [0.25, 0.3) is 0 Å². The highest BCUT2D eigenvalue weighted by Crippen LogP contribution is 2.35. The number of aryl methyl sites for hydroxylation is 3. The number of carbonyl (C=O) groups excluding carboxylic acids is 3. The van der Waals surface area contributed by atoms with E-state index in [4.69, 9.17) is 11.6 Å². The number of amides is 4. The third-order valence-corrected chi connectivity index (χ3v) is 7.18. The molecule has 32 heavy (non-hydrogen) atoms. The normalized spacial score (nSPS) is 20.0. The summed E-state index contributed by atoms with van der Waals surface area (Å²) in [7, 11) is 0. The smallest absolute Gasteiger partial charge is 0.324 e. The molecule has 2 atom stereocenters. The first kappa shape index (κ1) is 22.4. The molecule has 1 fully saturated rings. The summed E-state index contributed by atoms with van der Waals surface area (Å²) in [6.07, 6.45) is 1.82. The molecule has 0 spiro atoms. The number of hydrogen-bond acceptors (Lipinski definition) is 4. The van der Waals surface area contributed by atoms with Crippen LogP contribution in [0.25, 0.3) is 0 Å². The Labute approximate surface area is 196 Å². The molecule has 0 aromatic heterocycles. The fraction of sp³-hybridized carbons (Fsp3) is 0.292. The minimum absolute atomic E-state index is 0.159. The van der Waals surface area contributed by atoms with Gasteiger partial charge in [-0.2, -0.15) is 0 Å². The first-order valence-corrected chi connectivity index (χ1v) is 11.6. The maximum absolute atomic E-state index is 13.3. The first-order valence-electron chi connectivity index (χ1n) is 10.3. The van der Waals surface area contributed by atoms with Gasteiger partial charge in [0, 0.05) is 10.7 Å². The summed E-state index contributed by atoms with van der Waals surface area (Å²) >= 11 is 7.43. The first-order chi connectivity index (χ1) is 15.2. The Morgan fingerprint density at radius 2 is 1.81 bits per heavy atom. The lowest BCUT2D eigenvalue weighted by atomic mass is 10.0. The van der Waals surface area contributed by atoms with Gasteiger partial charge in [-0.05, 0) is 60.6 Å². The number of anilines is 1. The van der Waals surface area contributed by atoms with Crippen LogP contribution in [0.15, 0.2) is 47.9 Å². The van der Waals surface area contributed by atoms with E-state index in [1.165, 1.54) is 21.6 Å². The van der Waals surface area contributed by atoms with Crippen molar-refractivity contribution in [3.8, 4) is 0 Å². The Morgan fingerprint density at radius 1 is 1.06 bits per heavy atom. The minimum Gasteiger partial charge on any atom is -0.324 e. The lowest BCUT2D eigenvalue weighted by Crippen LogP contribution is -2.62. The van der Waals surface area contributed by atoms with Crippen molar-refractivity contribution in [2.45, 2.75) is 38.6 Å². The van der Waals surface area contributed by atoms with Crippen LogP contribution < -0.4 is 5.32 Å². The zero-order valence-corrected chi connectivity index (χ0v) is 19.7. The van der Waals surface area contributed by atoms with Crippen molar-refractivity contribution in [2.75, 3.05) is 11.9 Å². The van der Waals surface area contributed by atoms with Gasteiger partial charge in [0.15, 0.2) is 0 Å². The summed E-state index contributed by atoms with van der Waals surface area (Å²) < 4.78 is 0. The van der Waals surface area contributed by atoms with Crippen molar-refractivity contribution in [3.63, 3.8) is 0 Å². The summed E-state index contributed by atoms with van der Waals surface area (Å²) in [6, 6.07) is 10.2. The molecule has 2 unspecified atom stereocenters. The highest BCUT2D eigenvalue weighted by atomic mass is 35.5. The van der Waals surface area contributed by atoms with E-state index in [1.54, 1.807) is 12.1 Å². The maximum atomic E-state index is 13.3. The van der Waals surface area contributed by atoms with Crippen molar-refractivity contribution in [1.82, 2.24) is 9.80 Å². The number of nitrogens with one attached hydrogen (secondary N) is 1. The van der Waals surface area contributed by atoms with Gasteiger partial charge in [-0.15, -0.1) is 11.8 Å². The third kappa shape index (κ3) is 4.40. The second-order valence-corrected chi connectivity index (χ2v) is 9.63.